The summed E-state index contributed by atoms with van der Waals surface area (Å²) in [4.78, 5) is 12.4. The lowest BCUT2D eigenvalue weighted by atomic mass is 10.1. The molecule has 122 valence electrons. The topological polar surface area (TPSA) is 47.6 Å². The number of benzene rings is 2. The molecule has 0 saturated carbocycles. The van der Waals surface area contributed by atoms with E-state index in [0.29, 0.717) is 11.5 Å². The number of halogens is 1. The molecule has 0 aliphatic carbocycles. The van der Waals surface area contributed by atoms with Crippen molar-refractivity contribution in [3.63, 3.8) is 0 Å². The molecule has 23 heavy (non-hydrogen) atoms. The number of amides is 1. The second-order valence-corrected chi connectivity index (χ2v) is 6.02. The van der Waals surface area contributed by atoms with Crippen LogP contribution in [0.15, 0.2) is 46.9 Å². The van der Waals surface area contributed by atoms with Gasteiger partial charge >= 0.3 is 0 Å². The van der Waals surface area contributed by atoms with Crippen LogP contribution in [0, 0.1) is 0 Å². The van der Waals surface area contributed by atoms with Crippen LogP contribution in [-0.4, -0.2) is 20.1 Å². The van der Waals surface area contributed by atoms with Crippen LogP contribution in [0.1, 0.15) is 24.1 Å². The summed E-state index contributed by atoms with van der Waals surface area (Å²) in [5.41, 5.74) is 1.84. The minimum atomic E-state index is -0.0883. The fourth-order valence-corrected chi connectivity index (χ4v) is 3.02. The third-order valence-electron chi connectivity index (χ3n) is 3.59. The number of carbonyl (C=O) groups excluding carboxylic acids is 1. The second kappa shape index (κ2) is 8.02. The van der Waals surface area contributed by atoms with Gasteiger partial charge in [0.1, 0.15) is 11.5 Å². The van der Waals surface area contributed by atoms with Gasteiger partial charge in [0.05, 0.1) is 26.7 Å². The minimum absolute atomic E-state index is 0.0696. The van der Waals surface area contributed by atoms with Crippen LogP contribution in [0.3, 0.4) is 0 Å². The average Bonchev–Trinajstić information content (AvgIpc) is 2.54. The zero-order chi connectivity index (χ0) is 16.8. The highest BCUT2D eigenvalue weighted by atomic mass is 79.9. The van der Waals surface area contributed by atoms with Gasteiger partial charge in [0.25, 0.3) is 0 Å². The molecule has 2 rings (SSSR count). The van der Waals surface area contributed by atoms with Crippen molar-refractivity contribution in [3.05, 3.63) is 58.1 Å². The van der Waals surface area contributed by atoms with Crippen molar-refractivity contribution < 1.29 is 14.3 Å². The van der Waals surface area contributed by atoms with Crippen molar-refractivity contribution in [3.8, 4) is 11.5 Å². The normalized spacial score (nSPS) is 11.7. The maximum absolute atomic E-state index is 12.4. The molecule has 0 heterocycles. The van der Waals surface area contributed by atoms with Crippen molar-refractivity contribution in [2.45, 2.75) is 19.4 Å². The number of nitrogens with one attached hydrogen (secondary N) is 1. The summed E-state index contributed by atoms with van der Waals surface area (Å²) in [5, 5.41) is 3.01. The molecule has 5 heteroatoms. The van der Waals surface area contributed by atoms with Gasteiger partial charge in [-0.2, -0.15) is 0 Å². The average molecular weight is 378 g/mol. The van der Waals surface area contributed by atoms with Crippen molar-refractivity contribution in [1.29, 1.82) is 0 Å². The van der Waals surface area contributed by atoms with E-state index in [0.717, 1.165) is 15.6 Å². The Morgan fingerprint density at radius 2 is 1.91 bits per heavy atom. The molecular formula is C18H20BrNO3. The van der Waals surface area contributed by atoms with Crippen LogP contribution in [0.4, 0.5) is 0 Å². The van der Waals surface area contributed by atoms with Crippen LogP contribution in [0.25, 0.3) is 0 Å². The highest BCUT2D eigenvalue weighted by Crippen LogP contribution is 2.25. The molecule has 1 atom stereocenters. The van der Waals surface area contributed by atoms with Crippen molar-refractivity contribution in [2.24, 2.45) is 0 Å². The molecule has 1 unspecified atom stereocenters. The van der Waals surface area contributed by atoms with Gasteiger partial charge in [-0.25, -0.2) is 0 Å². The number of hydrogen-bond acceptors (Lipinski definition) is 3. The first kappa shape index (κ1) is 17.3. The molecule has 0 saturated heterocycles. The van der Waals surface area contributed by atoms with Crippen molar-refractivity contribution in [2.75, 3.05) is 14.2 Å². The Labute approximate surface area is 144 Å². The zero-order valence-corrected chi connectivity index (χ0v) is 15.0. The van der Waals surface area contributed by atoms with Crippen LogP contribution >= 0.6 is 15.9 Å². The molecule has 4 nitrogen and oxygen atoms in total. The van der Waals surface area contributed by atoms with Gasteiger partial charge in [-0.15, -0.1) is 0 Å². The number of rotatable bonds is 6. The molecule has 0 aliphatic heterocycles. The molecule has 1 N–H and O–H groups in total. The Bertz CT molecular complexity index is 688. The SMILES string of the molecule is COc1ccc(OC)c(CC(=O)NC(C)c2ccccc2Br)c1. The van der Waals surface area contributed by atoms with E-state index in [2.05, 4.69) is 21.2 Å². The van der Waals surface area contributed by atoms with E-state index in [-0.39, 0.29) is 18.4 Å². The first-order valence-corrected chi connectivity index (χ1v) is 8.09. The predicted octanol–water partition coefficient (Wildman–Crippen LogP) is 3.89. The molecule has 0 radical (unpaired) electrons. The Morgan fingerprint density at radius 1 is 1.17 bits per heavy atom. The zero-order valence-electron chi connectivity index (χ0n) is 13.4. The molecule has 0 fully saturated rings. The van der Waals surface area contributed by atoms with E-state index in [4.69, 9.17) is 9.47 Å². The van der Waals surface area contributed by atoms with Crippen LogP contribution in [-0.2, 0) is 11.2 Å². The van der Waals surface area contributed by atoms with Crippen LogP contribution in [0.5, 0.6) is 11.5 Å². The first-order chi connectivity index (χ1) is 11.0. The summed E-state index contributed by atoms with van der Waals surface area (Å²) < 4.78 is 11.5. The van der Waals surface area contributed by atoms with E-state index < -0.39 is 0 Å². The van der Waals surface area contributed by atoms with Crippen molar-refractivity contribution >= 4 is 21.8 Å². The Kier molecular flexibility index (Phi) is 6.04. The summed E-state index contributed by atoms with van der Waals surface area (Å²) in [6, 6.07) is 13.2. The lowest BCUT2D eigenvalue weighted by molar-refractivity contribution is -0.121. The highest BCUT2D eigenvalue weighted by Gasteiger charge is 2.14. The van der Waals surface area contributed by atoms with Gasteiger partial charge in [-0.1, -0.05) is 34.1 Å². The van der Waals surface area contributed by atoms with Crippen molar-refractivity contribution in [1.82, 2.24) is 5.32 Å². The first-order valence-electron chi connectivity index (χ1n) is 7.30. The van der Waals surface area contributed by atoms with E-state index in [1.807, 2.05) is 43.3 Å². The summed E-state index contributed by atoms with van der Waals surface area (Å²) in [6.07, 6.45) is 0.231. The molecule has 0 spiro atoms. The van der Waals surface area contributed by atoms with Crippen LogP contribution < -0.4 is 14.8 Å². The number of hydrogen-bond donors (Lipinski definition) is 1. The van der Waals surface area contributed by atoms with Gasteiger partial charge in [0.2, 0.25) is 5.91 Å². The third-order valence-corrected chi connectivity index (χ3v) is 4.31. The Hall–Kier alpha value is -2.01. The summed E-state index contributed by atoms with van der Waals surface area (Å²) in [7, 11) is 3.19. The second-order valence-electron chi connectivity index (χ2n) is 5.17. The predicted molar refractivity (Wildman–Crippen MR) is 93.9 cm³/mol. The van der Waals surface area contributed by atoms with E-state index >= 15 is 0 Å². The summed E-state index contributed by atoms with van der Waals surface area (Å²) in [5.74, 6) is 1.31. The third kappa shape index (κ3) is 4.48. The molecule has 0 aliphatic rings. The number of ether oxygens (including phenoxy) is 2. The molecule has 1 amide bonds. The minimum Gasteiger partial charge on any atom is -0.497 e. The highest BCUT2D eigenvalue weighted by molar-refractivity contribution is 9.10. The largest absolute Gasteiger partial charge is 0.497 e. The fourth-order valence-electron chi connectivity index (χ4n) is 2.39. The van der Waals surface area contributed by atoms with Gasteiger partial charge < -0.3 is 14.8 Å². The Balaban J connectivity index is 2.09. The number of carbonyl (C=O) groups is 1. The molecule has 0 bridgehead atoms. The lowest BCUT2D eigenvalue weighted by Gasteiger charge is -2.17. The maximum atomic E-state index is 12.4. The molecule has 2 aromatic carbocycles. The Morgan fingerprint density at radius 3 is 2.57 bits per heavy atom. The summed E-state index contributed by atoms with van der Waals surface area (Å²) >= 11 is 3.51. The molecule has 0 aromatic heterocycles. The quantitative estimate of drug-likeness (QED) is 0.830. The van der Waals surface area contributed by atoms with Gasteiger partial charge in [-0.05, 0) is 36.8 Å². The van der Waals surface area contributed by atoms with E-state index in [1.54, 1.807) is 20.3 Å². The fraction of sp³-hybridized carbons (Fsp3) is 0.278. The maximum Gasteiger partial charge on any atom is 0.225 e. The van der Waals surface area contributed by atoms with Crippen LogP contribution in [0.2, 0.25) is 0 Å². The molecular weight excluding hydrogens is 358 g/mol. The van der Waals surface area contributed by atoms with Gasteiger partial charge in [0, 0.05) is 10.0 Å². The summed E-state index contributed by atoms with van der Waals surface area (Å²) in [6.45, 7) is 1.96. The van der Waals surface area contributed by atoms with Gasteiger partial charge in [-0.3, -0.25) is 4.79 Å². The number of methoxy groups -OCH3 is 2. The van der Waals surface area contributed by atoms with E-state index in [1.165, 1.54) is 0 Å². The lowest BCUT2D eigenvalue weighted by Crippen LogP contribution is -2.28. The standard InChI is InChI=1S/C18H20BrNO3/c1-12(15-6-4-5-7-16(15)19)20-18(21)11-13-10-14(22-2)8-9-17(13)23-3/h4-10,12H,11H2,1-3H3,(H,20,21). The monoisotopic (exact) mass is 377 g/mol. The molecule has 2 aromatic rings. The van der Waals surface area contributed by atoms with Gasteiger partial charge in [0.15, 0.2) is 0 Å². The van der Waals surface area contributed by atoms with E-state index in [9.17, 15) is 4.79 Å². The smallest absolute Gasteiger partial charge is 0.225 e.